The first kappa shape index (κ1) is 13.9. The number of hydrogen-bond donors (Lipinski definition) is 0. The summed E-state index contributed by atoms with van der Waals surface area (Å²) in [4.78, 5) is 18.6. The number of likely N-dealkylation sites (N-methyl/N-ethyl adjacent to an activating group) is 2. The molecule has 1 aliphatic rings. The van der Waals surface area contributed by atoms with E-state index in [1.165, 1.54) is 0 Å². The first-order valence-corrected chi connectivity index (χ1v) is 6.97. The molecule has 1 amide bonds. The van der Waals surface area contributed by atoms with Crippen LogP contribution in [-0.2, 0) is 4.79 Å². The van der Waals surface area contributed by atoms with E-state index in [9.17, 15) is 4.79 Å². The van der Waals surface area contributed by atoms with Crippen LogP contribution in [0.2, 0.25) is 0 Å². The van der Waals surface area contributed by atoms with Crippen LogP contribution in [0.1, 0.15) is 6.92 Å². The molecule has 0 aromatic heterocycles. The quantitative estimate of drug-likeness (QED) is 0.817. The fourth-order valence-electron chi connectivity index (χ4n) is 2.39. The summed E-state index contributed by atoms with van der Waals surface area (Å²) in [6, 6.07) is 10.0. The van der Waals surface area contributed by atoms with Crippen LogP contribution in [-0.4, -0.2) is 62.0 Å². The Morgan fingerprint density at radius 2 is 1.79 bits per heavy atom. The zero-order chi connectivity index (χ0) is 13.7. The Morgan fingerprint density at radius 1 is 1.16 bits per heavy atom. The maximum Gasteiger partial charge on any atom is 0.242 e. The standard InChI is InChI=1S/C15H23N3O/c1-3-17-9-11-18(12-10-17)15(19)13-16(2)14-7-5-4-6-8-14/h4-8H,3,9-13H2,1-2H3. The molecule has 0 unspecified atom stereocenters. The van der Waals surface area contributed by atoms with Crippen molar-refractivity contribution in [3.8, 4) is 0 Å². The highest BCUT2D eigenvalue weighted by Crippen LogP contribution is 2.11. The second-order valence-corrected chi connectivity index (χ2v) is 5.01. The normalized spacial score (nSPS) is 16.4. The molecule has 0 bridgehead atoms. The molecule has 0 radical (unpaired) electrons. The van der Waals surface area contributed by atoms with Crippen molar-refractivity contribution in [1.82, 2.24) is 9.80 Å². The molecule has 1 fully saturated rings. The average molecular weight is 261 g/mol. The lowest BCUT2D eigenvalue weighted by molar-refractivity contribution is -0.131. The number of benzene rings is 1. The lowest BCUT2D eigenvalue weighted by Crippen LogP contribution is -2.50. The summed E-state index contributed by atoms with van der Waals surface area (Å²) in [5.41, 5.74) is 1.09. The van der Waals surface area contributed by atoms with Crippen LogP contribution < -0.4 is 4.90 Å². The van der Waals surface area contributed by atoms with Gasteiger partial charge in [-0.1, -0.05) is 25.1 Å². The van der Waals surface area contributed by atoms with E-state index in [2.05, 4.69) is 11.8 Å². The third kappa shape index (κ3) is 3.70. The van der Waals surface area contributed by atoms with Crippen molar-refractivity contribution in [3.05, 3.63) is 30.3 Å². The topological polar surface area (TPSA) is 26.8 Å². The lowest BCUT2D eigenvalue weighted by atomic mass is 10.2. The van der Waals surface area contributed by atoms with Gasteiger partial charge in [-0.3, -0.25) is 4.79 Å². The van der Waals surface area contributed by atoms with Gasteiger partial charge in [-0.2, -0.15) is 0 Å². The van der Waals surface area contributed by atoms with Gasteiger partial charge in [0.2, 0.25) is 5.91 Å². The number of nitrogens with zero attached hydrogens (tertiary/aromatic N) is 3. The van der Waals surface area contributed by atoms with Crippen molar-refractivity contribution in [3.63, 3.8) is 0 Å². The minimum absolute atomic E-state index is 0.224. The fraction of sp³-hybridized carbons (Fsp3) is 0.533. The summed E-state index contributed by atoms with van der Waals surface area (Å²) in [5.74, 6) is 0.224. The Labute approximate surface area is 115 Å². The highest BCUT2D eigenvalue weighted by atomic mass is 16.2. The Morgan fingerprint density at radius 3 is 2.37 bits per heavy atom. The van der Waals surface area contributed by atoms with Crippen LogP contribution in [0, 0.1) is 0 Å². The van der Waals surface area contributed by atoms with Gasteiger partial charge in [0, 0.05) is 38.9 Å². The Kier molecular flexibility index (Phi) is 4.80. The van der Waals surface area contributed by atoms with E-state index in [1.807, 2.05) is 47.2 Å². The van der Waals surface area contributed by atoms with Crippen LogP contribution in [0.25, 0.3) is 0 Å². The van der Waals surface area contributed by atoms with Crippen molar-refractivity contribution < 1.29 is 4.79 Å². The van der Waals surface area contributed by atoms with Gasteiger partial charge >= 0.3 is 0 Å². The minimum atomic E-state index is 0.224. The van der Waals surface area contributed by atoms with Crippen LogP contribution in [0.5, 0.6) is 0 Å². The summed E-state index contributed by atoms with van der Waals surface area (Å²) in [6.07, 6.45) is 0. The van der Waals surface area contributed by atoms with Gasteiger partial charge in [0.1, 0.15) is 0 Å². The number of rotatable bonds is 4. The number of carbonyl (C=O) groups is 1. The SMILES string of the molecule is CCN1CCN(C(=O)CN(C)c2ccccc2)CC1. The molecule has 0 saturated carbocycles. The molecule has 1 aromatic carbocycles. The molecule has 1 aliphatic heterocycles. The average Bonchev–Trinajstić information content (AvgIpc) is 2.48. The number of amides is 1. The second-order valence-electron chi connectivity index (χ2n) is 5.01. The fourth-order valence-corrected chi connectivity index (χ4v) is 2.39. The van der Waals surface area contributed by atoms with E-state index >= 15 is 0 Å². The molecular weight excluding hydrogens is 238 g/mol. The van der Waals surface area contributed by atoms with Crippen molar-refractivity contribution in [2.75, 3.05) is 51.2 Å². The molecule has 0 spiro atoms. The minimum Gasteiger partial charge on any atom is -0.365 e. The largest absolute Gasteiger partial charge is 0.365 e. The molecule has 0 atom stereocenters. The van der Waals surface area contributed by atoms with Crippen molar-refractivity contribution in [2.24, 2.45) is 0 Å². The third-order valence-electron chi connectivity index (χ3n) is 3.74. The van der Waals surface area contributed by atoms with Gasteiger partial charge < -0.3 is 14.7 Å². The highest BCUT2D eigenvalue weighted by molar-refractivity contribution is 5.81. The third-order valence-corrected chi connectivity index (χ3v) is 3.74. The molecule has 4 nitrogen and oxygen atoms in total. The smallest absolute Gasteiger partial charge is 0.242 e. The van der Waals surface area contributed by atoms with Crippen molar-refractivity contribution in [2.45, 2.75) is 6.92 Å². The van der Waals surface area contributed by atoms with Gasteiger partial charge in [0.15, 0.2) is 0 Å². The highest BCUT2D eigenvalue weighted by Gasteiger charge is 2.20. The summed E-state index contributed by atoms with van der Waals surface area (Å²) < 4.78 is 0. The van der Waals surface area contributed by atoms with E-state index in [4.69, 9.17) is 0 Å². The van der Waals surface area contributed by atoms with E-state index in [0.717, 1.165) is 38.4 Å². The molecule has 0 aliphatic carbocycles. The van der Waals surface area contributed by atoms with E-state index in [-0.39, 0.29) is 5.91 Å². The monoisotopic (exact) mass is 261 g/mol. The summed E-state index contributed by atoms with van der Waals surface area (Å²) in [7, 11) is 1.97. The summed E-state index contributed by atoms with van der Waals surface area (Å²) >= 11 is 0. The number of para-hydroxylation sites is 1. The summed E-state index contributed by atoms with van der Waals surface area (Å²) in [6.45, 7) is 7.40. The predicted molar refractivity (Wildman–Crippen MR) is 78.4 cm³/mol. The molecule has 0 N–H and O–H groups in total. The van der Waals surface area contributed by atoms with E-state index < -0.39 is 0 Å². The van der Waals surface area contributed by atoms with Crippen LogP contribution in [0.3, 0.4) is 0 Å². The number of piperazine rings is 1. The van der Waals surface area contributed by atoms with Crippen LogP contribution in [0.4, 0.5) is 5.69 Å². The Bertz CT molecular complexity index is 399. The van der Waals surface area contributed by atoms with Crippen molar-refractivity contribution >= 4 is 11.6 Å². The van der Waals surface area contributed by atoms with Gasteiger partial charge in [-0.05, 0) is 18.7 Å². The first-order chi connectivity index (χ1) is 9.20. The molecule has 4 heteroatoms. The molecular formula is C15H23N3O. The maximum absolute atomic E-state index is 12.2. The molecule has 1 saturated heterocycles. The maximum atomic E-state index is 12.2. The van der Waals surface area contributed by atoms with Gasteiger partial charge in [0.05, 0.1) is 6.54 Å². The van der Waals surface area contributed by atoms with Crippen LogP contribution in [0.15, 0.2) is 30.3 Å². The number of anilines is 1. The zero-order valence-corrected chi connectivity index (χ0v) is 11.9. The van der Waals surface area contributed by atoms with Gasteiger partial charge in [0.25, 0.3) is 0 Å². The first-order valence-electron chi connectivity index (χ1n) is 6.97. The van der Waals surface area contributed by atoms with Crippen LogP contribution >= 0.6 is 0 Å². The summed E-state index contributed by atoms with van der Waals surface area (Å²) in [5, 5.41) is 0. The van der Waals surface area contributed by atoms with Gasteiger partial charge in [-0.25, -0.2) is 0 Å². The molecule has 2 rings (SSSR count). The molecule has 1 heterocycles. The zero-order valence-electron chi connectivity index (χ0n) is 11.9. The van der Waals surface area contributed by atoms with Crippen molar-refractivity contribution in [1.29, 1.82) is 0 Å². The molecule has 104 valence electrons. The van der Waals surface area contributed by atoms with E-state index in [0.29, 0.717) is 6.54 Å². The second kappa shape index (κ2) is 6.57. The molecule has 19 heavy (non-hydrogen) atoms. The van der Waals surface area contributed by atoms with E-state index in [1.54, 1.807) is 0 Å². The number of hydrogen-bond acceptors (Lipinski definition) is 3. The number of carbonyl (C=O) groups excluding carboxylic acids is 1. The lowest BCUT2D eigenvalue weighted by Gasteiger charge is -2.35. The molecule has 1 aromatic rings. The Balaban J connectivity index is 1.84. The Hall–Kier alpha value is -1.55. The predicted octanol–water partition coefficient (Wildman–Crippen LogP) is 1.29. The van der Waals surface area contributed by atoms with Gasteiger partial charge in [-0.15, -0.1) is 0 Å².